The average Bonchev–Trinajstić information content (AvgIpc) is 2.72. The molecule has 0 aliphatic carbocycles. The zero-order chi connectivity index (χ0) is 22.7. The quantitative estimate of drug-likeness (QED) is 0.659. The predicted octanol–water partition coefficient (Wildman–Crippen LogP) is 3.95. The van der Waals surface area contributed by atoms with Gasteiger partial charge in [0.1, 0.15) is 23.7 Å². The molecular weight excluding hydrogens is 421 g/mol. The van der Waals surface area contributed by atoms with Gasteiger partial charge in [-0.15, -0.1) is 0 Å². The first-order valence-electron chi connectivity index (χ1n) is 10.00. The molecule has 2 heterocycles. The number of nitrogens with zero attached hydrogens (tertiary/aromatic N) is 3. The molecule has 2 N–H and O–H groups in total. The first-order valence-corrected chi connectivity index (χ1v) is 10.4. The lowest BCUT2D eigenvalue weighted by Gasteiger charge is -2.31. The minimum atomic E-state index is -0.565. The van der Waals surface area contributed by atoms with Gasteiger partial charge in [-0.05, 0) is 42.7 Å². The number of hydrogen-bond acceptors (Lipinski definition) is 5. The van der Waals surface area contributed by atoms with Crippen LogP contribution in [-0.2, 0) is 4.79 Å². The van der Waals surface area contributed by atoms with Gasteiger partial charge in [-0.2, -0.15) is 0 Å². The van der Waals surface area contributed by atoms with Crippen LogP contribution in [0.1, 0.15) is 36.5 Å². The van der Waals surface area contributed by atoms with E-state index in [1.807, 2.05) is 13.8 Å². The lowest BCUT2D eigenvalue weighted by atomic mass is 10.0. The van der Waals surface area contributed by atoms with Crippen LogP contribution in [0.2, 0.25) is 5.02 Å². The van der Waals surface area contributed by atoms with E-state index in [0.717, 1.165) is 0 Å². The molecule has 0 unspecified atom stereocenters. The summed E-state index contributed by atoms with van der Waals surface area (Å²) < 4.78 is 13.8. The predicted molar refractivity (Wildman–Crippen MR) is 119 cm³/mol. The number of benzene rings is 1. The van der Waals surface area contributed by atoms with Crippen LogP contribution in [0.5, 0.6) is 0 Å². The maximum absolute atomic E-state index is 13.8. The van der Waals surface area contributed by atoms with Crippen LogP contribution in [-0.4, -0.2) is 59.0 Å². The van der Waals surface area contributed by atoms with E-state index in [9.17, 15) is 14.0 Å². The van der Waals surface area contributed by atoms with Crippen molar-refractivity contribution < 1.29 is 14.0 Å². The molecule has 2 amide bonds. The van der Waals surface area contributed by atoms with Crippen molar-refractivity contribution >= 4 is 40.5 Å². The molecular formula is C22H25ClFN5O2. The third-order valence-corrected chi connectivity index (χ3v) is 5.26. The van der Waals surface area contributed by atoms with Gasteiger partial charge in [0.05, 0.1) is 16.4 Å². The van der Waals surface area contributed by atoms with Gasteiger partial charge in [-0.1, -0.05) is 25.4 Å². The number of carbonyl (C=O) groups excluding carboxylic acids is 2. The number of hydrogen-bond donors (Lipinski definition) is 2. The number of aromatic nitrogens is 1. The van der Waals surface area contributed by atoms with Gasteiger partial charge in [0, 0.05) is 25.8 Å². The molecule has 1 saturated heterocycles. The van der Waals surface area contributed by atoms with E-state index in [2.05, 4.69) is 10.3 Å². The molecule has 0 bridgehead atoms. The number of pyridine rings is 1. The molecule has 1 aromatic carbocycles. The molecule has 1 aliphatic rings. The smallest absolute Gasteiger partial charge is 0.273 e. The van der Waals surface area contributed by atoms with Gasteiger partial charge in [-0.25, -0.2) is 9.37 Å². The van der Waals surface area contributed by atoms with Crippen LogP contribution in [0, 0.1) is 17.1 Å². The topological polar surface area (TPSA) is 89.4 Å². The van der Waals surface area contributed by atoms with E-state index in [4.69, 9.17) is 17.0 Å². The maximum Gasteiger partial charge on any atom is 0.273 e. The fraction of sp³-hybridized carbons (Fsp3) is 0.364. The van der Waals surface area contributed by atoms with Crippen molar-refractivity contribution in [2.24, 2.45) is 5.92 Å². The molecule has 1 aliphatic heterocycles. The van der Waals surface area contributed by atoms with E-state index in [0.29, 0.717) is 36.6 Å². The zero-order valence-electron chi connectivity index (χ0n) is 17.7. The van der Waals surface area contributed by atoms with Crippen LogP contribution < -0.4 is 5.32 Å². The minimum Gasteiger partial charge on any atom is -0.354 e. The number of rotatable bonds is 6. The van der Waals surface area contributed by atoms with Crippen LogP contribution in [0.25, 0.3) is 0 Å². The summed E-state index contributed by atoms with van der Waals surface area (Å²) in [7, 11) is 1.70. The summed E-state index contributed by atoms with van der Waals surface area (Å²) in [5.74, 6) is -0.839. The molecule has 1 fully saturated rings. The highest BCUT2D eigenvalue weighted by molar-refractivity contribution is 6.30. The number of likely N-dealkylation sites (N-methyl/N-ethyl adjacent to an activating group) is 1. The zero-order valence-corrected chi connectivity index (χ0v) is 18.5. The van der Waals surface area contributed by atoms with Crippen molar-refractivity contribution in [3.8, 4) is 0 Å². The molecule has 0 radical (unpaired) electrons. The Labute approximate surface area is 185 Å². The molecule has 2 aromatic rings. The van der Waals surface area contributed by atoms with E-state index >= 15 is 0 Å². The average molecular weight is 446 g/mol. The molecule has 0 spiro atoms. The fourth-order valence-electron chi connectivity index (χ4n) is 3.24. The first kappa shape index (κ1) is 22.7. The highest BCUT2D eigenvalue weighted by Crippen LogP contribution is 2.26. The van der Waals surface area contributed by atoms with Crippen molar-refractivity contribution in [2.45, 2.75) is 20.3 Å². The molecule has 31 heavy (non-hydrogen) atoms. The molecule has 7 nitrogen and oxygen atoms in total. The van der Waals surface area contributed by atoms with Gasteiger partial charge >= 0.3 is 0 Å². The maximum atomic E-state index is 13.8. The van der Waals surface area contributed by atoms with Crippen LogP contribution in [0.3, 0.4) is 0 Å². The Hall–Kier alpha value is -3.00. The first-order chi connectivity index (χ1) is 14.7. The second kappa shape index (κ2) is 9.43. The van der Waals surface area contributed by atoms with Gasteiger partial charge in [-0.3, -0.25) is 9.59 Å². The van der Waals surface area contributed by atoms with E-state index < -0.39 is 5.82 Å². The molecule has 9 heteroatoms. The van der Waals surface area contributed by atoms with Crippen LogP contribution in [0.15, 0.2) is 30.3 Å². The second-order valence-electron chi connectivity index (χ2n) is 7.97. The molecule has 0 atom stereocenters. The van der Waals surface area contributed by atoms with Crippen molar-refractivity contribution in [3.05, 3.63) is 52.6 Å². The van der Waals surface area contributed by atoms with E-state index in [-0.39, 0.29) is 40.7 Å². The lowest BCUT2D eigenvalue weighted by Crippen LogP contribution is -2.50. The summed E-state index contributed by atoms with van der Waals surface area (Å²) in [4.78, 5) is 32.4. The van der Waals surface area contributed by atoms with Gasteiger partial charge in [0.2, 0.25) is 5.91 Å². The van der Waals surface area contributed by atoms with Gasteiger partial charge in [0.25, 0.3) is 5.91 Å². The molecule has 164 valence electrons. The Morgan fingerprint density at radius 3 is 2.68 bits per heavy atom. The van der Waals surface area contributed by atoms with E-state index in [1.54, 1.807) is 30.1 Å². The summed E-state index contributed by atoms with van der Waals surface area (Å²) >= 11 is 5.75. The summed E-state index contributed by atoms with van der Waals surface area (Å²) in [5.41, 5.74) is 1.67. The SMILES string of the molecule is CC(C)CC(=N)c1nc(C(=O)N2CCN(C)C(=O)C2)ccc1Nc1ccc(Cl)c(F)c1. The Morgan fingerprint density at radius 2 is 2.03 bits per heavy atom. The lowest BCUT2D eigenvalue weighted by molar-refractivity contribution is -0.133. The number of amides is 2. The number of carbonyl (C=O) groups is 2. The summed E-state index contributed by atoms with van der Waals surface area (Å²) in [6.07, 6.45) is 0.460. The second-order valence-corrected chi connectivity index (χ2v) is 8.37. The Bertz CT molecular complexity index is 1030. The molecule has 0 saturated carbocycles. The highest BCUT2D eigenvalue weighted by Gasteiger charge is 2.27. The minimum absolute atomic E-state index is 0.000159. The van der Waals surface area contributed by atoms with Crippen molar-refractivity contribution in [1.29, 1.82) is 5.41 Å². The third-order valence-electron chi connectivity index (χ3n) is 4.96. The Morgan fingerprint density at radius 1 is 1.29 bits per heavy atom. The third kappa shape index (κ3) is 5.38. The van der Waals surface area contributed by atoms with Crippen molar-refractivity contribution in [3.63, 3.8) is 0 Å². The molecule has 1 aromatic heterocycles. The largest absolute Gasteiger partial charge is 0.354 e. The number of anilines is 2. The Kier molecular flexibility index (Phi) is 6.90. The van der Waals surface area contributed by atoms with E-state index in [1.165, 1.54) is 17.0 Å². The monoisotopic (exact) mass is 445 g/mol. The van der Waals surface area contributed by atoms with Gasteiger partial charge < -0.3 is 20.5 Å². The Balaban J connectivity index is 1.92. The van der Waals surface area contributed by atoms with Gasteiger partial charge in [0.15, 0.2) is 0 Å². The standard InChI is InChI=1S/C22H25ClFN5O2/c1-13(2)10-17(25)21-18(26-14-4-5-15(23)16(24)11-14)6-7-19(27-21)22(31)29-9-8-28(3)20(30)12-29/h4-7,11,13,25-26H,8-10,12H2,1-3H3. The van der Waals surface area contributed by atoms with Crippen molar-refractivity contribution in [1.82, 2.24) is 14.8 Å². The molecule has 3 rings (SSSR count). The van der Waals surface area contributed by atoms with Crippen LogP contribution >= 0.6 is 11.6 Å². The fourth-order valence-corrected chi connectivity index (χ4v) is 3.35. The van der Waals surface area contributed by atoms with Crippen molar-refractivity contribution in [2.75, 3.05) is 32.0 Å². The summed E-state index contributed by atoms with van der Waals surface area (Å²) in [6.45, 7) is 4.86. The number of piperazine rings is 1. The normalized spacial score (nSPS) is 14.2. The number of nitrogens with one attached hydrogen (secondary N) is 2. The highest BCUT2D eigenvalue weighted by atomic mass is 35.5. The summed E-state index contributed by atoms with van der Waals surface area (Å²) in [5, 5.41) is 11.6. The number of halogens is 2. The summed E-state index contributed by atoms with van der Waals surface area (Å²) in [6, 6.07) is 7.51. The van der Waals surface area contributed by atoms with Crippen LogP contribution in [0.4, 0.5) is 15.8 Å².